The molecular weight excluding hydrogens is 398 g/mol. The van der Waals surface area contributed by atoms with Gasteiger partial charge in [0.2, 0.25) is 5.91 Å². The third-order valence-corrected chi connectivity index (χ3v) is 5.95. The number of para-hydroxylation sites is 1. The van der Waals surface area contributed by atoms with Gasteiger partial charge in [0, 0.05) is 18.2 Å². The number of nitrogens with zero attached hydrogens (tertiary/aromatic N) is 3. The highest BCUT2D eigenvalue weighted by molar-refractivity contribution is 8.00. The van der Waals surface area contributed by atoms with E-state index in [9.17, 15) is 9.59 Å². The van der Waals surface area contributed by atoms with E-state index < -0.39 is 17.2 Å². The van der Waals surface area contributed by atoms with Gasteiger partial charge < -0.3 is 5.32 Å². The standard InChI is InChI=1S/C22H23N5O2S/c1-2-23-21(29)24-20(28)18(15-9-5-3-6-10-15)30-22-26-25-19(16-13-14-16)27(22)17-11-7-4-8-12-17/h3-12,16,18H,2,13-14H2,1H3,(H2,23,24,28,29)/t18-/m0/s1. The van der Waals surface area contributed by atoms with Gasteiger partial charge in [-0.25, -0.2) is 4.79 Å². The number of carbonyl (C=O) groups excluding carboxylic acids is 2. The van der Waals surface area contributed by atoms with Crippen LogP contribution in [0.1, 0.15) is 42.3 Å². The van der Waals surface area contributed by atoms with E-state index in [0.717, 1.165) is 29.9 Å². The van der Waals surface area contributed by atoms with Crippen molar-refractivity contribution in [1.29, 1.82) is 0 Å². The fourth-order valence-corrected chi connectivity index (χ4v) is 4.23. The Bertz CT molecular complexity index is 1020. The highest BCUT2D eigenvalue weighted by atomic mass is 32.2. The van der Waals surface area contributed by atoms with Gasteiger partial charge in [-0.05, 0) is 37.5 Å². The van der Waals surface area contributed by atoms with Gasteiger partial charge in [0.15, 0.2) is 5.16 Å². The largest absolute Gasteiger partial charge is 0.338 e. The molecule has 0 spiro atoms. The van der Waals surface area contributed by atoms with E-state index in [2.05, 4.69) is 20.8 Å². The van der Waals surface area contributed by atoms with Gasteiger partial charge in [0.1, 0.15) is 11.1 Å². The fraction of sp³-hybridized carbons (Fsp3) is 0.273. The van der Waals surface area contributed by atoms with Gasteiger partial charge in [0.25, 0.3) is 0 Å². The summed E-state index contributed by atoms with van der Waals surface area (Å²) in [6, 6.07) is 18.8. The third kappa shape index (κ3) is 4.54. The first-order chi connectivity index (χ1) is 14.7. The second-order valence-electron chi connectivity index (χ2n) is 7.04. The molecule has 3 amide bonds. The molecule has 1 aliphatic rings. The highest BCUT2D eigenvalue weighted by Crippen LogP contribution is 2.43. The zero-order valence-electron chi connectivity index (χ0n) is 16.6. The van der Waals surface area contributed by atoms with Crippen LogP contribution in [-0.2, 0) is 4.79 Å². The van der Waals surface area contributed by atoms with Crippen LogP contribution in [0.3, 0.4) is 0 Å². The molecule has 0 radical (unpaired) electrons. The van der Waals surface area contributed by atoms with Crippen LogP contribution in [0.4, 0.5) is 4.79 Å². The summed E-state index contributed by atoms with van der Waals surface area (Å²) in [5, 5.41) is 13.9. The Morgan fingerprint density at radius 1 is 1.07 bits per heavy atom. The Labute approximate surface area is 179 Å². The summed E-state index contributed by atoms with van der Waals surface area (Å²) in [6.07, 6.45) is 2.19. The predicted molar refractivity (Wildman–Crippen MR) is 116 cm³/mol. The number of imide groups is 1. The molecule has 30 heavy (non-hydrogen) atoms. The van der Waals surface area contributed by atoms with Crippen molar-refractivity contribution in [3.05, 3.63) is 72.1 Å². The molecule has 1 atom stereocenters. The van der Waals surface area contributed by atoms with Crippen LogP contribution in [0.25, 0.3) is 5.69 Å². The highest BCUT2D eigenvalue weighted by Gasteiger charge is 2.33. The lowest BCUT2D eigenvalue weighted by atomic mass is 10.1. The van der Waals surface area contributed by atoms with Gasteiger partial charge in [-0.2, -0.15) is 0 Å². The van der Waals surface area contributed by atoms with Crippen molar-refractivity contribution in [2.75, 3.05) is 6.54 Å². The van der Waals surface area contributed by atoms with Crippen molar-refractivity contribution in [3.8, 4) is 5.69 Å². The summed E-state index contributed by atoms with van der Waals surface area (Å²) in [4.78, 5) is 24.9. The number of hydrogen-bond donors (Lipinski definition) is 2. The molecule has 1 heterocycles. The second kappa shape index (κ2) is 9.13. The normalized spacial score (nSPS) is 14.2. The molecule has 3 aromatic rings. The minimum atomic E-state index is -0.646. The number of amides is 3. The average molecular weight is 422 g/mol. The first-order valence-electron chi connectivity index (χ1n) is 9.98. The number of benzene rings is 2. The number of aromatic nitrogens is 3. The number of carbonyl (C=O) groups is 2. The Hall–Kier alpha value is -3.13. The molecule has 1 aliphatic carbocycles. The molecule has 0 bridgehead atoms. The van der Waals surface area contributed by atoms with E-state index in [4.69, 9.17) is 0 Å². The van der Waals surface area contributed by atoms with Crippen LogP contribution < -0.4 is 10.6 Å². The molecule has 0 aliphatic heterocycles. The Balaban J connectivity index is 1.68. The van der Waals surface area contributed by atoms with Crippen LogP contribution in [0.15, 0.2) is 65.8 Å². The van der Waals surface area contributed by atoms with Crippen molar-refractivity contribution in [3.63, 3.8) is 0 Å². The number of thioether (sulfide) groups is 1. The molecule has 8 heteroatoms. The maximum atomic E-state index is 13.0. The van der Waals surface area contributed by atoms with E-state index in [1.54, 1.807) is 6.92 Å². The molecule has 0 saturated heterocycles. The van der Waals surface area contributed by atoms with Crippen LogP contribution in [0.2, 0.25) is 0 Å². The summed E-state index contributed by atoms with van der Waals surface area (Å²) in [5.41, 5.74) is 1.75. The maximum absolute atomic E-state index is 13.0. The summed E-state index contributed by atoms with van der Waals surface area (Å²) < 4.78 is 2.03. The van der Waals surface area contributed by atoms with Crippen molar-refractivity contribution in [2.45, 2.75) is 36.1 Å². The summed E-state index contributed by atoms with van der Waals surface area (Å²) in [5.74, 6) is 0.916. The molecule has 0 unspecified atom stereocenters. The second-order valence-corrected chi connectivity index (χ2v) is 8.12. The Kier molecular flexibility index (Phi) is 6.13. The Morgan fingerprint density at radius 2 is 1.73 bits per heavy atom. The molecule has 4 rings (SSSR count). The smallest absolute Gasteiger partial charge is 0.321 e. The molecule has 154 valence electrons. The van der Waals surface area contributed by atoms with Crippen molar-refractivity contribution in [1.82, 2.24) is 25.4 Å². The monoisotopic (exact) mass is 421 g/mol. The summed E-state index contributed by atoms with van der Waals surface area (Å²) >= 11 is 1.29. The van der Waals surface area contributed by atoms with Crippen molar-refractivity contribution >= 4 is 23.7 Å². The first-order valence-corrected chi connectivity index (χ1v) is 10.9. The molecule has 7 nitrogen and oxygen atoms in total. The minimum Gasteiger partial charge on any atom is -0.338 e. The molecule has 2 aromatic carbocycles. The van der Waals surface area contributed by atoms with E-state index >= 15 is 0 Å². The lowest BCUT2D eigenvalue weighted by Crippen LogP contribution is -2.41. The lowest BCUT2D eigenvalue weighted by Gasteiger charge is -2.17. The molecule has 1 aromatic heterocycles. The van der Waals surface area contributed by atoms with Gasteiger partial charge in [0.05, 0.1) is 0 Å². The quantitative estimate of drug-likeness (QED) is 0.566. The summed E-state index contributed by atoms with van der Waals surface area (Å²) in [6.45, 7) is 2.24. The first kappa shape index (κ1) is 20.2. The number of urea groups is 1. The Morgan fingerprint density at radius 3 is 2.37 bits per heavy atom. The number of hydrogen-bond acceptors (Lipinski definition) is 5. The fourth-order valence-electron chi connectivity index (χ4n) is 3.17. The van der Waals surface area contributed by atoms with E-state index in [1.807, 2.05) is 65.2 Å². The third-order valence-electron chi connectivity index (χ3n) is 4.75. The van der Waals surface area contributed by atoms with Gasteiger partial charge in [-0.1, -0.05) is 60.3 Å². The zero-order valence-corrected chi connectivity index (χ0v) is 17.4. The predicted octanol–water partition coefficient (Wildman–Crippen LogP) is 3.82. The molecular formula is C22H23N5O2S. The van der Waals surface area contributed by atoms with Crippen LogP contribution >= 0.6 is 11.8 Å². The molecule has 2 N–H and O–H groups in total. The van der Waals surface area contributed by atoms with Gasteiger partial charge in [-0.15, -0.1) is 10.2 Å². The van der Waals surface area contributed by atoms with E-state index in [1.165, 1.54) is 11.8 Å². The van der Waals surface area contributed by atoms with Crippen LogP contribution in [0, 0.1) is 0 Å². The maximum Gasteiger partial charge on any atom is 0.321 e. The van der Waals surface area contributed by atoms with Crippen molar-refractivity contribution < 1.29 is 9.59 Å². The number of nitrogens with one attached hydrogen (secondary N) is 2. The van der Waals surface area contributed by atoms with Gasteiger partial charge >= 0.3 is 6.03 Å². The van der Waals surface area contributed by atoms with Crippen LogP contribution in [0.5, 0.6) is 0 Å². The van der Waals surface area contributed by atoms with Crippen LogP contribution in [-0.4, -0.2) is 33.2 Å². The minimum absolute atomic E-state index is 0.395. The molecule has 1 fully saturated rings. The van der Waals surface area contributed by atoms with E-state index in [0.29, 0.717) is 17.6 Å². The number of rotatable bonds is 7. The van der Waals surface area contributed by atoms with Gasteiger partial charge in [-0.3, -0.25) is 14.7 Å². The lowest BCUT2D eigenvalue weighted by molar-refractivity contribution is -0.119. The molecule has 1 saturated carbocycles. The van der Waals surface area contributed by atoms with E-state index in [-0.39, 0.29) is 0 Å². The zero-order chi connectivity index (χ0) is 20.9. The SMILES string of the molecule is CCNC(=O)NC(=O)[C@@H](Sc1nnc(C2CC2)n1-c1ccccc1)c1ccccc1. The average Bonchev–Trinajstić information content (AvgIpc) is 3.53. The topological polar surface area (TPSA) is 88.9 Å². The summed E-state index contributed by atoms with van der Waals surface area (Å²) in [7, 11) is 0. The van der Waals surface area contributed by atoms with Crippen molar-refractivity contribution in [2.24, 2.45) is 0 Å².